The smallest absolute Gasteiger partial charge is 0.224 e. The van der Waals surface area contributed by atoms with E-state index >= 15 is 0 Å². The third-order valence-corrected chi connectivity index (χ3v) is 6.30. The molecule has 7 heteroatoms. The summed E-state index contributed by atoms with van der Waals surface area (Å²) in [5, 5.41) is 40.6. The largest absolute Gasteiger partial charge is 0.394 e. The van der Waals surface area contributed by atoms with Gasteiger partial charge in [0.05, 0.1) is 6.61 Å². The van der Waals surface area contributed by atoms with E-state index in [0.29, 0.717) is 12.0 Å². The van der Waals surface area contributed by atoms with E-state index in [1.807, 2.05) is 25.3 Å². The first-order valence-electron chi connectivity index (χ1n) is 9.47. The van der Waals surface area contributed by atoms with Gasteiger partial charge in [-0.15, -0.1) is 11.8 Å². The van der Waals surface area contributed by atoms with Crippen LogP contribution < -0.4 is 0 Å². The van der Waals surface area contributed by atoms with E-state index in [1.54, 1.807) is 17.8 Å². The van der Waals surface area contributed by atoms with Gasteiger partial charge in [-0.05, 0) is 54.5 Å². The number of benzene rings is 2. The fraction of sp³-hybridized carbons (Fsp3) is 0.455. The summed E-state index contributed by atoms with van der Waals surface area (Å²) in [6, 6.07) is 13.9. The lowest BCUT2D eigenvalue weighted by molar-refractivity contribution is -0.366. The third-order valence-electron chi connectivity index (χ3n) is 5.56. The molecule has 2 aromatic carbocycles. The lowest BCUT2D eigenvalue weighted by Crippen LogP contribution is -2.64. The molecule has 1 aliphatic heterocycles. The summed E-state index contributed by atoms with van der Waals surface area (Å²) in [5.41, 5.74) is 3.74. The van der Waals surface area contributed by atoms with Crippen LogP contribution in [0.1, 0.15) is 22.3 Å². The predicted octanol–water partition coefficient (Wildman–Crippen LogP) is 1.58. The summed E-state index contributed by atoms with van der Waals surface area (Å²) in [5.74, 6) is -1.70. The summed E-state index contributed by atoms with van der Waals surface area (Å²) in [6.07, 6.45) is -2.84. The van der Waals surface area contributed by atoms with Crippen molar-refractivity contribution >= 4 is 11.8 Å². The Morgan fingerprint density at radius 2 is 1.76 bits per heavy atom. The van der Waals surface area contributed by atoms with Gasteiger partial charge in [0, 0.05) is 17.6 Å². The number of aryl methyl sites for hydroxylation is 1. The first-order chi connectivity index (χ1) is 13.9. The average molecular weight is 421 g/mol. The van der Waals surface area contributed by atoms with E-state index in [2.05, 4.69) is 24.3 Å². The molecule has 5 atom stereocenters. The highest BCUT2D eigenvalue weighted by Crippen LogP contribution is 2.40. The zero-order valence-corrected chi connectivity index (χ0v) is 17.6. The van der Waals surface area contributed by atoms with Crippen LogP contribution in [0.15, 0.2) is 47.4 Å². The number of hydrogen-bond acceptors (Lipinski definition) is 7. The molecule has 6 nitrogen and oxygen atoms in total. The molecule has 1 saturated heterocycles. The molecule has 1 heterocycles. The highest BCUT2D eigenvalue weighted by Gasteiger charge is 2.55. The van der Waals surface area contributed by atoms with Crippen LogP contribution in [0.5, 0.6) is 0 Å². The standard InChI is InChI=1S/C22H28O6S/c1-13-4-7-16(11-15(13)10-14-5-8-17(29-3)9-6-14)22(27-2)21(26)20(25)19(24)18(12-23)28-22/h4-9,11,18-21,23-26H,10,12H2,1-3H3/t18-,19-,20?,21-,22+/m1/s1. The van der Waals surface area contributed by atoms with E-state index in [0.717, 1.165) is 16.7 Å². The fourth-order valence-electron chi connectivity index (χ4n) is 3.71. The second kappa shape index (κ2) is 9.14. The highest BCUT2D eigenvalue weighted by atomic mass is 32.2. The summed E-state index contributed by atoms with van der Waals surface area (Å²) in [6.45, 7) is 1.48. The second-order valence-corrected chi connectivity index (χ2v) is 8.18. The summed E-state index contributed by atoms with van der Waals surface area (Å²) < 4.78 is 11.3. The maximum Gasteiger partial charge on any atom is 0.224 e. The zero-order chi connectivity index (χ0) is 21.2. The van der Waals surface area contributed by atoms with Crippen molar-refractivity contribution in [3.8, 4) is 0 Å². The molecule has 29 heavy (non-hydrogen) atoms. The summed E-state index contributed by atoms with van der Waals surface area (Å²) in [7, 11) is 1.36. The van der Waals surface area contributed by atoms with Gasteiger partial charge in [0.1, 0.15) is 24.4 Å². The Hall–Kier alpha value is -1.45. The molecule has 0 amide bonds. The van der Waals surface area contributed by atoms with Gasteiger partial charge < -0.3 is 29.9 Å². The van der Waals surface area contributed by atoms with Crippen LogP contribution in [0.4, 0.5) is 0 Å². The molecule has 0 bridgehead atoms. The Kier molecular flexibility index (Phi) is 7.01. The van der Waals surface area contributed by atoms with Crippen LogP contribution >= 0.6 is 11.8 Å². The molecular formula is C22H28O6S. The first-order valence-corrected chi connectivity index (χ1v) is 10.7. The SMILES string of the molecule is CO[C@@]1(c2ccc(C)c(Cc3ccc(SC)cc3)c2)O[C@H](CO)[C@@H](O)C(O)[C@H]1O. The van der Waals surface area contributed by atoms with Gasteiger partial charge in [-0.2, -0.15) is 0 Å². The molecule has 0 aliphatic carbocycles. The van der Waals surface area contributed by atoms with Crippen molar-refractivity contribution < 1.29 is 29.9 Å². The number of aliphatic hydroxyl groups excluding tert-OH is 4. The number of rotatable bonds is 6. The van der Waals surface area contributed by atoms with Crippen LogP contribution in [-0.2, 0) is 21.7 Å². The monoisotopic (exact) mass is 420 g/mol. The Labute approximate surface area is 175 Å². The van der Waals surface area contributed by atoms with Crippen molar-refractivity contribution in [3.05, 3.63) is 64.7 Å². The molecule has 1 aliphatic rings. The molecule has 0 radical (unpaired) electrons. The van der Waals surface area contributed by atoms with E-state index in [-0.39, 0.29) is 0 Å². The van der Waals surface area contributed by atoms with Crippen molar-refractivity contribution in [1.82, 2.24) is 0 Å². The van der Waals surface area contributed by atoms with Crippen LogP contribution in [0.25, 0.3) is 0 Å². The van der Waals surface area contributed by atoms with E-state index in [1.165, 1.54) is 12.0 Å². The molecule has 4 N–H and O–H groups in total. The molecule has 0 saturated carbocycles. The highest BCUT2D eigenvalue weighted by molar-refractivity contribution is 7.98. The first kappa shape index (κ1) is 22.2. The van der Waals surface area contributed by atoms with Crippen molar-refractivity contribution in [1.29, 1.82) is 0 Å². The van der Waals surface area contributed by atoms with Gasteiger partial charge in [-0.1, -0.05) is 24.3 Å². The van der Waals surface area contributed by atoms with Crippen molar-refractivity contribution in [3.63, 3.8) is 0 Å². The molecule has 1 fully saturated rings. The van der Waals surface area contributed by atoms with Crippen LogP contribution in [-0.4, -0.2) is 64.8 Å². The minimum absolute atomic E-state index is 0.512. The Morgan fingerprint density at radius 1 is 1.07 bits per heavy atom. The number of methoxy groups -OCH3 is 1. The van der Waals surface area contributed by atoms with Gasteiger partial charge in [-0.25, -0.2) is 0 Å². The van der Waals surface area contributed by atoms with Gasteiger partial charge >= 0.3 is 0 Å². The zero-order valence-electron chi connectivity index (χ0n) is 16.8. The molecule has 0 spiro atoms. The van der Waals surface area contributed by atoms with Gasteiger partial charge in [0.15, 0.2) is 0 Å². The minimum Gasteiger partial charge on any atom is -0.394 e. The van der Waals surface area contributed by atoms with Gasteiger partial charge in [0.25, 0.3) is 0 Å². The normalized spacial score (nSPS) is 29.8. The van der Waals surface area contributed by atoms with E-state index < -0.39 is 36.8 Å². The predicted molar refractivity (Wildman–Crippen MR) is 111 cm³/mol. The number of thioether (sulfide) groups is 1. The minimum atomic E-state index is -1.70. The number of aliphatic hydroxyl groups is 4. The molecule has 1 unspecified atom stereocenters. The average Bonchev–Trinajstić information content (AvgIpc) is 2.75. The Morgan fingerprint density at radius 3 is 2.34 bits per heavy atom. The van der Waals surface area contributed by atoms with Crippen molar-refractivity contribution in [2.75, 3.05) is 20.0 Å². The fourth-order valence-corrected chi connectivity index (χ4v) is 4.12. The number of ether oxygens (including phenoxy) is 2. The molecule has 2 aromatic rings. The van der Waals surface area contributed by atoms with Crippen molar-refractivity contribution in [2.24, 2.45) is 0 Å². The molecular weight excluding hydrogens is 392 g/mol. The quantitative estimate of drug-likeness (QED) is 0.527. The summed E-state index contributed by atoms with van der Waals surface area (Å²) >= 11 is 1.69. The summed E-state index contributed by atoms with van der Waals surface area (Å²) in [4.78, 5) is 1.19. The van der Waals surface area contributed by atoms with Crippen LogP contribution in [0.2, 0.25) is 0 Å². The lowest BCUT2D eigenvalue weighted by atomic mass is 9.86. The second-order valence-electron chi connectivity index (χ2n) is 7.30. The van der Waals surface area contributed by atoms with Crippen molar-refractivity contribution in [2.45, 2.75) is 48.4 Å². The third kappa shape index (κ3) is 4.22. The molecule has 0 aromatic heterocycles. The maximum atomic E-state index is 10.7. The Bertz CT molecular complexity index is 825. The van der Waals surface area contributed by atoms with Gasteiger partial charge in [-0.3, -0.25) is 0 Å². The lowest BCUT2D eigenvalue weighted by Gasteiger charge is -2.47. The van der Waals surface area contributed by atoms with Crippen LogP contribution in [0.3, 0.4) is 0 Å². The maximum absolute atomic E-state index is 10.7. The van der Waals surface area contributed by atoms with E-state index in [4.69, 9.17) is 9.47 Å². The van der Waals surface area contributed by atoms with Gasteiger partial charge in [0.2, 0.25) is 5.79 Å². The number of hydrogen-bond donors (Lipinski definition) is 4. The molecule has 3 rings (SSSR count). The molecule has 158 valence electrons. The van der Waals surface area contributed by atoms with Crippen LogP contribution in [0, 0.1) is 6.92 Å². The van der Waals surface area contributed by atoms with E-state index in [9.17, 15) is 20.4 Å². The Balaban J connectivity index is 1.97. The topological polar surface area (TPSA) is 99.4 Å².